The SMILES string of the molecule is Bc1ccccc1CCn1cccc(O)c1=O. The summed E-state index contributed by atoms with van der Waals surface area (Å²) in [7, 11) is 2.06. The maximum atomic E-state index is 11.6. The number of hydrogen-bond acceptors (Lipinski definition) is 2. The van der Waals surface area contributed by atoms with E-state index in [0.29, 0.717) is 6.54 Å². The van der Waals surface area contributed by atoms with Gasteiger partial charge >= 0.3 is 0 Å². The van der Waals surface area contributed by atoms with Crippen LogP contribution >= 0.6 is 0 Å². The van der Waals surface area contributed by atoms with Crippen LogP contribution in [0.4, 0.5) is 0 Å². The van der Waals surface area contributed by atoms with Crippen LogP contribution in [-0.2, 0) is 13.0 Å². The second kappa shape index (κ2) is 4.91. The van der Waals surface area contributed by atoms with Crippen LogP contribution in [0.15, 0.2) is 47.4 Å². The number of aromatic hydroxyl groups is 1. The Morgan fingerprint density at radius 1 is 1.18 bits per heavy atom. The van der Waals surface area contributed by atoms with Crippen molar-refractivity contribution in [3.63, 3.8) is 0 Å². The quantitative estimate of drug-likeness (QED) is 0.753. The minimum atomic E-state index is -0.332. The molecular weight excluding hydrogens is 213 g/mol. The molecule has 2 aromatic rings. The third-order valence-corrected chi connectivity index (χ3v) is 2.88. The van der Waals surface area contributed by atoms with Crippen molar-refractivity contribution in [1.29, 1.82) is 0 Å². The molecule has 0 saturated carbocycles. The highest BCUT2D eigenvalue weighted by atomic mass is 16.3. The molecule has 0 fully saturated rings. The van der Waals surface area contributed by atoms with E-state index in [2.05, 4.69) is 20.0 Å². The maximum Gasteiger partial charge on any atom is 0.292 e. The Morgan fingerprint density at radius 3 is 2.71 bits per heavy atom. The van der Waals surface area contributed by atoms with E-state index in [1.54, 1.807) is 12.3 Å². The van der Waals surface area contributed by atoms with Gasteiger partial charge in [0.15, 0.2) is 5.75 Å². The molecule has 1 aromatic carbocycles. The molecule has 0 atom stereocenters. The van der Waals surface area contributed by atoms with Crippen molar-refractivity contribution in [2.24, 2.45) is 0 Å². The third-order valence-electron chi connectivity index (χ3n) is 2.88. The first-order valence-electron chi connectivity index (χ1n) is 5.61. The van der Waals surface area contributed by atoms with Crippen LogP contribution in [0.3, 0.4) is 0 Å². The lowest BCUT2D eigenvalue weighted by Crippen LogP contribution is -2.21. The molecule has 1 N–H and O–H groups in total. The fraction of sp³-hybridized carbons (Fsp3) is 0.154. The van der Waals surface area contributed by atoms with Gasteiger partial charge in [-0.05, 0) is 18.6 Å². The second-order valence-corrected chi connectivity index (χ2v) is 4.07. The molecule has 0 spiro atoms. The molecular formula is C13H14BNO2. The highest BCUT2D eigenvalue weighted by molar-refractivity contribution is 6.33. The molecule has 0 aliphatic rings. The third kappa shape index (κ3) is 2.59. The van der Waals surface area contributed by atoms with Crippen LogP contribution in [0.2, 0.25) is 0 Å². The minimum Gasteiger partial charge on any atom is -0.503 e. The van der Waals surface area contributed by atoms with Crippen LogP contribution in [0, 0.1) is 0 Å². The van der Waals surface area contributed by atoms with Gasteiger partial charge in [0.2, 0.25) is 0 Å². The second-order valence-electron chi connectivity index (χ2n) is 4.07. The molecule has 0 unspecified atom stereocenters. The Balaban J connectivity index is 2.16. The summed E-state index contributed by atoms with van der Waals surface area (Å²) in [5.74, 6) is -0.197. The van der Waals surface area contributed by atoms with Gasteiger partial charge in [-0.15, -0.1) is 0 Å². The first kappa shape index (κ1) is 11.5. The Hall–Kier alpha value is -1.97. The van der Waals surface area contributed by atoms with E-state index >= 15 is 0 Å². The molecule has 0 saturated heterocycles. The maximum absolute atomic E-state index is 11.6. The summed E-state index contributed by atoms with van der Waals surface area (Å²) < 4.78 is 1.53. The van der Waals surface area contributed by atoms with Crippen molar-refractivity contribution in [3.8, 4) is 5.75 Å². The zero-order valence-electron chi connectivity index (χ0n) is 9.76. The fourth-order valence-corrected chi connectivity index (χ4v) is 1.83. The molecule has 0 aliphatic heterocycles. The van der Waals surface area contributed by atoms with Gasteiger partial charge in [0, 0.05) is 12.7 Å². The van der Waals surface area contributed by atoms with Crippen LogP contribution in [0.25, 0.3) is 0 Å². The molecule has 0 bridgehead atoms. The van der Waals surface area contributed by atoms with E-state index in [4.69, 9.17) is 0 Å². The largest absolute Gasteiger partial charge is 0.503 e. The van der Waals surface area contributed by atoms with E-state index in [1.165, 1.54) is 21.7 Å². The smallest absolute Gasteiger partial charge is 0.292 e. The van der Waals surface area contributed by atoms with Crippen LogP contribution < -0.4 is 11.0 Å². The van der Waals surface area contributed by atoms with Gasteiger partial charge in [0.05, 0.1) is 0 Å². The predicted molar refractivity (Wildman–Crippen MR) is 70.7 cm³/mol. The van der Waals surface area contributed by atoms with Crippen molar-refractivity contribution in [3.05, 3.63) is 58.5 Å². The van der Waals surface area contributed by atoms with Crippen molar-refractivity contribution in [2.45, 2.75) is 13.0 Å². The summed E-state index contributed by atoms with van der Waals surface area (Å²) in [6.07, 6.45) is 2.48. The number of benzene rings is 1. The van der Waals surface area contributed by atoms with Crippen molar-refractivity contribution in [1.82, 2.24) is 4.57 Å². The number of aryl methyl sites for hydroxylation is 2. The molecule has 0 amide bonds. The summed E-state index contributed by atoms with van der Waals surface area (Å²) >= 11 is 0. The van der Waals surface area contributed by atoms with Crippen LogP contribution in [0.5, 0.6) is 5.75 Å². The zero-order valence-corrected chi connectivity index (χ0v) is 9.76. The Labute approximate surface area is 101 Å². The van der Waals surface area contributed by atoms with E-state index in [9.17, 15) is 9.90 Å². The van der Waals surface area contributed by atoms with Gasteiger partial charge in [0.1, 0.15) is 7.85 Å². The Kier molecular flexibility index (Phi) is 3.33. The summed E-state index contributed by atoms with van der Waals surface area (Å²) in [6, 6.07) is 11.2. The topological polar surface area (TPSA) is 42.2 Å². The molecule has 1 heterocycles. The van der Waals surface area contributed by atoms with Gasteiger partial charge in [-0.2, -0.15) is 0 Å². The van der Waals surface area contributed by atoms with Crippen molar-refractivity contribution >= 4 is 13.3 Å². The number of pyridine rings is 1. The lowest BCUT2D eigenvalue weighted by atomic mass is 9.89. The zero-order chi connectivity index (χ0) is 12.3. The lowest BCUT2D eigenvalue weighted by molar-refractivity contribution is 0.456. The highest BCUT2D eigenvalue weighted by Gasteiger charge is 2.02. The molecule has 3 nitrogen and oxygen atoms in total. The predicted octanol–water partition coefficient (Wildman–Crippen LogP) is 0.0550. The molecule has 0 radical (unpaired) electrons. The van der Waals surface area contributed by atoms with Crippen LogP contribution in [-0.4, -0.2) is 17.5 Å². The van der Waals surface area contributed by atoms with Crippen molar-refractivity contribution < 1.29 is 5.11 Å². The normalized spacial score (nSPS) is 10.4. The van der Waals surface area contributed by atoms with E-state index in [1.807, 2.05) is 12.1 Å². The van der Waals surface area contributed by atoms with E-state index < -0.39 is 0 Å². The highest BCUT2D eigenvalue weighted by Crippen LogP contribution is 2.01. The standard InChI is InChI=1S/C13H14BNO2/c14-11-5-2-1-4-10(11)7-9-15-8-3-6-12(16)13(15)17/h1-6,8,16H,7,9,14H2. The van der Waals surface area contributed by atoms with E-state index in [-0.39, 0.29) is 11.3 Å². The molecule has 0 aliphatic carbocycles. The molecule has 17 heavy (non-hydrogen) atoms. The summed E-state index contributed by atoms with van der Waals surface area (Å²) in [5, 5.41) is 9.32. The van der Waals surface area contributed by atoms with Gasteiger partial charge in [0.25, 0.3) is 5.56 Å². The molecule has 86 valence electrons. The number of rotatable bonds is 3. The van der Waals surface area contributed by atoms with Gasteiger partial charge in [-0.25, -0.2) is 0 Å². The Morgan fingerprint density at radius 2 is 1.94 bits per heavy atom. The lowest BCUT2D eigenvalue weighted by Gasteiger charge is -2.08. The summed E-state index contributed by atoms with van der Waals surface area (Å²) in [4.78, 5) is 11.6. The van der Waals surface area contributed by atoms with Gasteiger partial charge in [-0.3, -0.25) is 4.79 Å². The minimum absolute atomic E-state index is 0.197. The number of aromatic nitrogens is 1. The summed E-state index contributed by atoms with van der Waals surface area (Å²) in [5.41, 5.74) is 2.12. The van der Waals surface area contributed by atoms with Gasteiger partial charge in [-0.1, -0.05) is 35.3 Å². The molecule has 2 rings (SSSR count). The summed E-state index contributed by atoms with van der Waals surface area (Å²) in [6.45, 7) is 0.581. The van der Waals surface area contributed by atoms with Crippen LogP contribution in [0.1, 0.15) is 5.56 Å². The first-order chi connectivity index (χ1) is 8.18. The monoisotopic (exact) mass is 227 g/mol. The fourth-order valence-electron chi connectivity index (χ4n) is 1.83. The molecule has 4 heteroatoms. The average molecular weight is 227 g/mol. The average Bonchev–Trinajstić information content (AvgIpc) is 2.33. The number of nitrogens with zero attached hydrogens (tertiary/aromatic N) is 1. The Bertz CT molecular complexity index is 578. The molecule has 1 aromatic heterocycles. The van der Waals surface area contributed by atoms with Crippen molar-refractivity contribution in [2.75, 3.05) is 0 Å². The van der Waals surface area contributed by atoms with Gasteiger partial charge < -0.3 is 9.67 Å². The first-order valence-corrected chi connectivity index (χ1v) is 5.61. The number of hydrogen-bond donors (Lipinski definition) is 1. The van der Waals surface area contributed by atoms with E-state index in [0.717, 1.165) is 6.42 Å².